The molecule has 2 aromatic heterocycles. The van der Waals surface area contributed by atoms with Crippen molar-refractivity contribution in [2.24, 2.45) is 0 Å². The molecule has 0 fully saturated rings. The van der Waals surface area contributed by atoms with E-state index in [-0.39, 0.29) is 11.8 Å². The van der Waals surface area contributed by atoms with E-state index in [1.807, 2.05) is 0 Å². The molecule has 0 aromatic carbocycles. The van der Waals surface area contributed by atoms with Gasteiger partial charge < -0.3 is 11.1 Å². The fourth-order valence-electron chi connectivity index (χ4n) is 1.66. The van der Waals surface area contributed by atoms with Crippen LogP contribution in [0.4, 0.5) is 24.9 Å². The lowest BCUT2D eigenvalue weighted by Gasteiger charge is -2.17. The third kappa shape index (κ3) is 3.14. The topological polar surface area (TPSA) is 76.7 Å². The van der Waals surface area contributed by atoms with Crippen LogP contribution in [0.3, 0.4) is 0 Å². The van der Waals surface area contributed by atoms with E-state index in [1.165, 1.54) is 18.5 Å². The van der Waals surface area contributed by atoms with Gasteiger partial charge in [-0.25, -0.2) is 15.0 Å². The number of nitrogen functional groups attached to an aromatic ring is 1. The summed E-state index contributed by atoms with van der Waals surface area (Å²) < 4.78 is 38.5. The highest BCUT2D eigenvalue weighted by Crippen LogP contribution is 2.34. The number of anilines is 2. The number of halogens is 3. The number of rotatable bonds is 3. The summed E-state index contributed by atoms with van der Waals surface area (Å²) in [7, 11) is 0. The first-order valence-corrected chi connectivity index (χ1v) is 5.75. The smallest absolute Gasteiger partial charge is 0.368 e. The summed E-state index contributed by atoms with van der Waals surface area (Å²) in [4.78, 5) is 11.4. The Morgan fingerprint density at radius 1 is 1.20 bits per heavy atom. The average molecular weight is 283 g/mol. The van der Waals surface area contributed by atoms with E-state index in [2.05, 4.69) is 20.3 Å². The van der Waals surface area contributed by atoms with Crippen LogP contribution in [0.15, 0.2) is 30.6 Å². The van der Waals surface area contributed by atoms with Gasteiger partial charge >= 0.3 is 6.18 Å². The Hall–Kier alpha value is -2.38. The summed E-state index contributed by atoms with van der Waals surface area (Å²) in [5, 5.41) is 2.68. The lowest BCUT2D eigenvalue weighted by atomic mass is 10.2. The van der Waals surface area contributed by atoms with Gasteiger partial charge in [0.05, 0.1) is 17.3 Å². The van der Waals surface area contributed by atoms with Gasteiger partial charge in [0.25, 0.3) is 0 Å². The first kappa shape index (κ1) is 14.0. The first-order valence-electron chi connectivity index (χ1n) is 5.75. The Morgan fingerprint density at radius 2 is 1.95 bits per heavy atom. The molecule has 20 heavy (non-hydrogen) atoms. The maximum Gasteiger partial charge on any atom is 0.419 e. The van der Waals surface area contributed by atoms with E-state index >= 15 is 0 Å². The molecule has 0 radical (unpaired) electrons. The highest BCUT2D eigenvalue weighted by atomic mass is 19.4. The average Bonchev–Trinajstić information content (AvgIpc) is 2.38. The molecule has 0 spiro atoms. The maximum absolute atomic E-state index is 12.8. The largest absolute Gasteiger partial charge is 0.419 e. The zero-order valence-corrected chi connectivity index (χ0v) is 10.5. The summed E-state index contributed by atoms with van der Waals surface area (Å²) >= 11 is 0. The fraction of sp³-hybridized carbons (Fsp3) is 0.250. The van der Waals surface area contributed by atoms with Crippen molar-refractivity contribution in [2.75, 3.05) is 11.1 Å². The predicted molar refractivity (Wildman–Crippen MR) is 67.7 cm³/mol. The molecule has 0 aliphatic heterocycles. The number of hydrogen-bond donors (Lipinski definition) is 2. The molecule has 0 saturated carbocycles. The molecular formula is C12H12F3N5. The van der Waals surface area contributed by atoms with E-state index in [0.29, 0.717) is 5.69 Å². The zero-order valence-electron chi connectivity index (χ0n) is 10.5. The monoisotopic (exact) mass is 283 g/mol. The van der Waals surface area contributed by atoms with Crippen LogP contribution in [0.1, 0.15) is 24.2 Å². The van der Waals surface area contributed by atoms with Crippen molar-refractivity contribution in [1.29, 1.82) is 0 Å². The maximum atomic E-state index is 12.8. The van der Waals surface area contributed by atoms with Gasteiger partial charge in [-0.05, 0) is 25.1 Å². The Labute approximate surface area is 113 Å². The van der Waals surface area contributed by atoms with E-state index in [0.717, 1.165) is 6.07 Å². The molecule has 106 valence electrons. The standard InChI is InChI=1S/C12H12F3N5/c1-7(9-4-6-18-11(16)20-9)19-10-8(12(13,14)15)3-2-5-17-10/h2-7H,1H3,(H,17,19)(H2,16,18,20). The van der Waals surface area contributed by atoms with Crippen LogP contribution in [-0.2, 0) is 6.18 Å². The third-order valence-corrected chi connectivity index (χ3v) is 2.61. The number of nitrogens with one attached hydrogen (secondary N) is 1. The van der Waals surface area contributed by atoms with E-state index in [1.54, 1.807) is 13.0 Å². The van der Waals surface area contributed by atoms with Gasteiger partial charge in [-0.2, -0.15) is 13.2 Å². The SMILES string of the molecule is CC(Nc1ncccc1C(F)(F)F)c1ccnc(N)n1. The van der Waals surface area contributed by atoms with Crippen LogP contribution < -0.4 is 11.1 Å². The van der Waals surface area contributed by atoms with E-state index in [9.17, 15) is 13.2 Å². The lowest BCUT2D eigenvalue weighted by molar-refractivity contribution is -0.137. The molecule has 0 amide bonds. The van der Waals surface area contributed by atoms with Crippen molar-refractivity contribution in [2.45, 2.75) is 19.1 Å². The highest BCUT2D eigenvalue weighted by Gasteiger charge is 2.34. The molecule has 0 aliphatic rings. The number of aromatic nitrogens is 3. The van der Waals surface area contributed by atoms with Crippen molar-refractivity contribution < 1.29 is 13.2 Å². The van der Waals surface area contributed by atoms with Crippen molar-refractivity contribution in [3.05, 3.63) is 41.9 Å². The summed E-state index contributed by atoms with van der Waals surface area (Å²) in [6, 6.07) is 3.29. The molecule has 8 heteroatoms. The molecule has 0 saturated heterocycles. The summed E-state index contributed by atoms with van der Waals surface area (Å²) in [6.07, 6.45) is -1.74. The lowest BCUT2D eigenvalue weighted by Crippen LogP contribution is -2.16. The molecule has 5 nitrogen and oxygen atoms in total. The Morgan fingerprint density at radius 3 is 2.60 bits per heavy atom. The Kier molecular flexibility index (Phi) is 3.73. The van der Waals surface area contributed by atoms with E-state index < -0.39 is 17.8 Å². The van der Waals surface area contributed by atoms with Crippen molar-refractivity contribution in [3.8, 4) is 0 Å². The molecule has 0 aliphatic carbocycles. The number of nitrogens with two attached hydrogens (primary N) is 1. The van der Waals surface area contributed by atoms with Crippen LogP contribution in [0.25, 0.3) is 0 Å². The minimum atomic E-state index is -4.47. The summed E-state index contributed by atoms with van der Waals surface area (Å²) in [5.74, 6) is -0.183. The molecule has 3 N–H and O–H groups in total. The number of alkyl halides is 3. The predicted octanol–water partition coefficient (Wildman–Crippen LogP) is 2.65. The molecule has 1 atom stereocenters. The normalized spacial score (nSPS) is 13.0. The number of pyridine rings is 1. The van der Waals surface area contributed by atoms with Crippen molar-refractivity contribution in [1.82, 2.24) is 15.0 Å². The first-order chi connectivity index (χ1) is 9.38. The highest BCUT2D eigenvalue weighted by molar-refractivity contribution is 5.47. The molecule has 2 rings (SSSR count). The minimum Gasteiger partial charge on any atom is -0.368 e. The van der Waals surface area contributed by atoms with Crippen molar-refractivity contribution in [3.63, 3.8) is 0 Å². The van der Waals surface area contributed by atoms with Crippen LogP contribution in [-0.4, -0.2) is 15.0 Å². The van der Waals surface area contributed by atoms with Gasteiger partial charge in [-0.1, -0.05) is 0 Å². The molecule has 2 aromatic rings. The molecular weight excluding hydrogens is 271 g/mol. The van der Waals surface area contributed by atoms with E-state index in [4.69, 9.17) is 5.73 Å². The Bertz CT molecular complexity index is 600. The van der Waals surface area contributed by atoms with Crippen LogP contribution >= 0.6 is 0 Å². The Balaban J connectivity index is 2.26. The van der Waals surface area contributed by atoms with Crippen molar-refractivity contribution >= 4 is 11.8 Å². The van der Waals surface area contributed by atoms with Crippen LogP contribution in [0, 0.1) is 0 Å². The minimum absolute atomic E-state index is 0.0632. The second-order valence-corrected chi connectivity index (χ2v) is 4.10. The van der Waals surface area contributed by atoms with Gasteiger partial charge in [-0.15, -0.1) is 0 Å². The van der Waals surface area contributed by atoms with Gasteiger partial charge in [-0.3, -0.25) is 0 Å². The van der Waals surface area contributed by atoms with Gasteiger partial charge in [0.1, 0.15) is 5.82 Å². The van der Waals surface area contributed by atoms with Crippen LogP contribution in [0.5, 0.6) is 0 Å². The second-order valence-electron chi connectivity index (χ2n) is 4.10. The van der Waals surface area contributed by atoms with Crippen LogP contribution in [0.2, 0.25) is 0 Å². The van der Waals surface area contributed by atoms with Gasteiger partial charge in [0, 0.05) is 12.4 Å². The zero-order chi connectivity index (χ0) is 14.8. The fourth-order valence-corrected chi connectivity index (χ4v) is 1.66. The molecule has 2 heterocycles. The quantitative estimate of drug-likeness (QED) is 0.905. The number of hydrogen-bond acceptors (Lipinski definition) is 5. The number of nitrogens with zero attached hydrogens (tertiary/aromatic N) is 3. The second kappa shape index (κ2) is 5.32. The van der Waals surface area contributed by atoms with Gasteiger partial charge in [0.2, 0.25) is 5.95 Å². The summed E-state index contributed by atoms with van der Waals surface area (Å²) in [6.45, 7) is 1.66. The summed E-state index contributed by atoms with van der Waals surface area (Å²) in [5.41, 5.74) is 5.10. The van der Waals surface area contributed by atoms with Gasteiger partial charge in [0.15, 0.2) is 0 Å². The third-order valence-electron chi connectivity index (χ3n) is 2.61. The molecule has 1 unspecified atom stereocenters. The molecule has 0 bridgehead atoms.